The topological polar surface area (TPSA) is 59.1 Å². The second-order valence-electron chi connectivity index (χ2n) is 9.63. The molecule has 2 bridgehead atoms. The van der Waals surface area contributed by atoms with E-state index in [1.807, 2.05) is 9.80 Å². The second-order valence-corrected chi connectivity index (χ2v) is 9.63. The number of rotatable bonds is 8. The number of amides is 2. The molecule has 0 aromatic carbocycles. The van der Waals surface area contributed by atoms with Gasteiger partial charge in [-0.1, -0.05) is 12.2 Å². The molecule has 3 saturated carbocycles. The van der Waals surface area contributed by atoms with Crippen molar-refractivity contribution in [3.8, 4) is 0 Å². The summed E-state index contributed by atoms with van der Waals surface area (Å²) in [6, 6.07) is 0. The normalized spacial score (nSPS) is 35.6. The molecule has 6 nitrogen and oxygen atoms in total. The lowest BCUT2D eigenvalue weighted by Crippen LogP contribution is -2.55. The number of fused-ring (bicyclic) bond motifs is 3. The average molecular weight is 417 g/mol. The van der Waals surface area contributed by atoms with Gasteiger partial charge in [0.2, 0.25) is 11.8 Å². The average Bonchev–Trinajstić information content (AvgIpc) is 3.46. The van der Waals surface area contributed by atoms with Gasteiger partial charge in [0, 0.05) is 37.0 Å². The van der Waals surface area contributed by atoms with Crippen LogP contribution in [-0.4, -0.2) is 73.2 Å². The predicted octanol–water partition coefficient (Wildman–Crippen LogP) is 2.93. The summed E-state index contributed by atoms with van der Waals surface area (Å²) in [5, 5.41) is 0. The third kappa shape index (κ3) is 3.96. The smallest absolute Gasteiger partial charge is 0.228 e. The third-order valence-electron chi connectivity index (χ3n) is 7.92. The van der Waals surface area contributed by atoms with Crippen molar-refractivity contribution < 1.29 is 19.1 Å². The molecule has 5 rings (SSSR count). The van der Waals surface area contributed by atoms with Gasteiger partial charge >= 0.3 is 0 Å². The van der Waals surface area contributed by atoms with Gasteiger partial charge in [-0.2, -0.15) is 0 Å². The summed E-state index contributed by atoms with van der Waals surface area (Å²) in [4.78, 5) is 30.8. The maximum Gasteiger partial charge on any atom is 0.228 e. The van der Waals surface area contributed by atoms with Gasteiger partial charge in [0.25, 0.3) is 0 Å². The van der Waals surface area contributed by atoms with Crippen LogP contribution in [0.15, 0.2) is 25.3 Å². The molecule has 6 heteroatoms. The Bertz CT molecular complexity index is 608. The highest BCUT2D eigenvalue weighted by atomic mass is 16.5. The summed E-state index contributed by atoms with van der Waals surface area (Å²) < 4.78 is 11.5. The Morgan fingerprint density at radius 3 is 1.47 bits per heavy atom. The molecule has 2 atom stereocenters. The van der Waals surface area contributed by atoms with Crippen LogP contribution in [0.25, 0.3) is 0 Å². The molecule has 5 aliphatic rings. The molecule has 0 spiro atoms. The first kappa shape index (κ1) is 21.6. The SMILES string of the molecule is C=CCOC1CCN(C(=O)C23CCC(C(=O)N4CCC(OCC=C)C4)(CC2)CC3)C1. The van der Waals surface area contributed by atoms with E-state index < -0.39 is 0 Å². The lowest BCUT2D eigenvalue weighted by molar-refractivity contribution is -0.162. The van der Waals surface area contributed by atoms with E-state index in [4.69, 9.17) is 9.47 Å². The van der Waals surface area contributed by atoms with E-state index in [2.05, 4.69) is 13.2 Å². The zero-order valence-electron chi connectivity index (χ0n) is 18.2. The molecule has 0 aromatic heterocycles. The highest BCUT2D eigenvalue weighted by Gasteiger charge is 2.57. The second kappa shape index (κ2) is 8.83. The highest BCUT2D eigenvalue weighted by molar-refractivity contribution is 5.87. The molecular formula is C24H36N2O4. The maximum atomic E-state index is 13.4. The molecule has 5 fully saturated rings. The van der Waals surface area contributed by atoms with Crippen molar-refractivity contribution in [2.75, 3.05) is 39.4 Å². The summed E-state index contributed by atoms with van der Waals surface area (Å²) in [6.45, 7) is 11.4. The Kier molecular flexibility index (Phi) is 6.35. The summed E-state index contributed by atoms with van der Waals surface area (Å²) in [6.07, 6.45) is 10.6. The highest BCUT2D eigenvalue weighted by Crippen LogP contribution is 2.58. The first-order valence-electron chi connectivity index (χ1n) is 11.6. The number of carbonyl (C=O) groups is 2. The van der Waals surface area contributed by atoms with E-state index in [0.717, 1.165) is 64.5 Å². The van der Waals surface area contributed by atoms with Crippen molar-refractivity contribution in [2.45, 2.75) is 63.6 Å². The predicted molar refractivity (Wildman–Crippen MR) is 115 cm³/mol. The Hall–Kier alpha value is -1.66. The minimum Gasteiger partial charge on any atom is -0.372 e. The van der Waals surface area contributed by atoms with Gasteiger partial charge in [-0.15, -0.1) is 13.2 Å². The largest absolute Gasteiger partial charge is 0.372 e. The number of hydrogen-bond donors (Lipinski definition) is 0. The number of nitrogens with zero attached hydrogens (tertiary/aromatic N) is 2. The molecule has 0 N–H and O–H groups in total. The van der Waals surface area contributed by atoms with Gasteiger partial charge in [0.1, 0.15) is 0 Å². The molecule has 2 amide bonds. The van der Waals surface area contributed by atoms with Crippen LogP contribution in [0.4, 0.5) is 0 Å². The van der Waals surface area contributed by atoms with Crippen molar-refractivity contribution in [1.29, 1.82) is 0 Å². The van der Waals surface area contributed by atoms with Crippen LogP contribution < -0.4 is 0 Å². The van der Waals surface area contributed by atoms with Crippen LogP contribution in [0, 0.1) is 10.8 Å². The summed E-state index contributed by atoms with van der Waals surface area (Å²) >= 11 is 0. The van der Waals surface area contributed by atoms with E-state index >= 15 is 0 Å². The van der Waals surface area contributed by atoms with Crippen molar-refractivity contribution >= 4 is 11.8 Å². The Morgan fingerprint density at radius 2 is 1.13 bits per heavy atom. The first-order valence-corrected chi connectivity index (χ1v) is 11.6. The lowest BCUT2D eigenvalue weighted by Gasteiger charge is -2.53. The Labute approximate surface area is 180 Å². The fourth-order valence-corrected chi connectivity index (χ4v) is 6.00. The van der Waals surface area contributed by atoms with Crippen molar-refractivity contribution in [3.05, 3.63) is 25.3 Å². The molecule has 3 aliphatic carbocycles. The van der Waals surface area contributed by atoms with Crippen molar-refractivity contribution in [3.63, 3.8) is 0 Å². The third-order valence-corrected chi connectivity index (χ3v) is 7.92. The number of hydrogen-bond acceptors (Lipinski definition) is 4. The molecule has 2 heterocycles. The molecule has 2 saturated heterocycles. The van der Waals surface area contributed by atoms with Crippen LogP contribution in [0.3, 0.4) is 0 Å². The summed E-state index contributed by atoms with van der Waals surface area (Å²) in [5.41, 5.74) is -0.508. The van der Waals surface area contributed by atoms with Crippen molar-refractivity contribution in [2.24, 2.45) is 10.8 Å². The van der Waals surface area contributed by atoms with Crippen molar-refractivity contribution in [1.82, 2.24) is 9.80 Å². The van der Waals surface area contributed by atoms with Gasteiger partial charge in [-0.25, -0.2) is 0 Å². The fraction of sp³-hybridized carbons (Fsp3) is 0.750. The lowest BCUT2D eigenvalue weighted by atomic mass is 9.53. The van der Waals surface area contributed by atoms with E-state index in [1.54, 1.807) is 12.2 Å². The van der Waals surface area contributed by atoms with E-state index in [0.29, 0.717) is 38.1 Å². The Balaban J connectivity index is 1.33. The number of carbonyl (C=O) groups excluding carboxylic acids is 2. The van der Waals surface area contributed by atoms with Gasteiger partial charge in [-0.3, -0.25) is 9.59 Å². The minimum absolute atomic E-state index is 0.127. The maximum absolute atomic E-state index is 13.4. The number of likely N-dealkylation sites (tertiary alicyclic amines) is 2. The van der Waals surface area contributed by atoms with Crippen LogP contribution in [-0.2, 0) is 19.1 Å². The monoisotopic (exact) mass is 416 g/mol. The molecule has 0 radical (unpaired) electrons. The molecule has 2 unspecified atom stereocenters. The van der Waals surface area contributed by atoms with Gasteiger partial charge in [0.15, 0.2) is 0 Å². The fourth-order valence-electron chi connectivity index (χ4n) is 6.00. The zero-order valence-corrected chi connectivity index (χ0v) is 18.2. The van der Waals surface area contributed by atoms with E-state index in [9.17, 15) is 9.59 Å². The van der Waals surface area contributed by atoms with Crippen LogP contribution >= 0.6 is 0 Å². The Morgan fingerprint density at radius 1 is 0.767 bits per heavy atom. The molecule has 30 heavy (non-hydrogen) atoms. The van der Waals surface area contributed by atoms with Crippen LogP contribution in [0.1, 0.15) is 51.4 Å². The van der Waals surface area contributed by atoms with Crippen LogP contribution in [0.2, 0.25) is 0 Å². The number of ether oxygens (including phenoxy) is 2. The summed E-state index contributed by atoms with van der Waals surface area (Å²) in [5.74, 6) is 0.596. The molecule has 2 aliphatic heterocycles. The standard InChI is InChI=1S/C24H36N2O4/c1-3-15-29-19-5-13-25(17-19)21(27)23-7-10-24(11-8-23,12-9-23)22(28)26-14-6-20(18-26)30-16-4-2/h3-4,19-20H,1-2,5-18H2. The van der Waals surface area contributed by atoms with E-state index in [-0.39, 0.29) is 23.0 Å². The summed E-state index contributed by atoms with van der Waals surface area (Å²) in [7, 11) is 0. The minimum atomic E-state index is -0.254. The van der Waals surface area contributed by atoms with Gasteiger partial charge in [-0.05, 0) is 51.4 Å². The van der Waals surface area contributed by atoms with Crippen LogP contribution in [0.5, 0.6) is 0 Å². The van der Waals surface area contributed by atoms with E-state index in [1.165, 1.54) is 0 Å². The van der Waals surface area contributed by atoms with Gasteiger partial charge in [0.05, 0.1) is 25.4 Å². The molecule has 0 aromatic rings. The molecule has 166 valence electrons. The zero-order chi connectivity index (χ0) is 21.2. The van der Waals surface area contributed by atoms with Gasteiger partial charge < -0.3 is 19.3 Å². The quantitative estimate of drug-likeness (QED) is 0.571. The molecular weight excluding hydrogens is 380 g/mol. The first-order chi connectivity index (χ1) is 14.5.